The Hall–Kier alpha value is -1.33. The summed E-state index contributed by atoms with van der Waals surface area (Å²) in [6.45, 7) is 2.02. The van der Waals surface area contributed by atoms with Gasteiger partial charge in [-0.2, -0.15) is 13.2 Å². The van der Waals surface area contributed by atoms with E-state index in [-0.39, 0.29) is 6.04 Å². The Morgan fingerprint density at radius 1 is 1.20 bits per heavy atom. The molecular formula is C15H16F3NS. The topological polar surface area (TPSA) is 12.0 Å². The molecule has 0 saturated carbocycles. The molecule has 1 heterocycles. The zero-order chi connectivity index (χ0) is 14.8. The summed E-state index contributed by atoms with van der Waals surface area (Å²) < 4.78 is 38.1. The van der Waals surface area contributed by atoms with Crippen LogP contribution in [-0.2, 0) is 12.6 Å². The minimum Gasteiger partial charge on any atom is -0.312 e. The first kappa shape index (κ1) is 15.1. The summed E-state index contributed by atoms with van der Waals surface area (Å²) in [5.74, 6) is 0. The quantitative estimate of drug-likeness (QED) is 0.871. The van der Waals surface area contributed by atoms with Gasteiger partial charge in [0.2, 0.25) is 0 Å². The first-order valence-electron chi connectivity index (χ1n) is 6.30. The first-order chi connectivity index (χ1) is 9.40. The molecule has 20 heavy (non-hydrogen) atoms. The van der Waals surface area contributed by atoms with E-state index in [1.165, 1.54) is 17.0 Å². The van der Waals surface area contributed by atoms with E-state index in [9.17, 15) is 13.2 Å². The standard InChI is InChI=1S/C15H16F3NS/c1-10-6-7-14(20-10)13(19-2)9-11-4-3-5-12(8-11)15(16,17)18/h3-8,13,19H,9H2,1-2H3. The molecule has 0 amide bonds. The van der Waals surface area contributed by atoms with Crippen molar-refractivity contribution in [2.75, 3.05) is 7.05 Å². The first-order valence-corrected chi connectivity index (χ1v) is 7.11. The van der Waals surface area contributed by atoms with E-state index in [1.807, 2.05) is 26.1 Å². The Kier molecular flexibility index (Phi) is 4.50. The third-order valence-electron chi connectivity index (χ3n) is 3.15. The monoisotopic (exact) mass is 299 g/mol. The molecule has 1 aromatic carbocycles. The van der Waals surface area contributed by atoms with Crippen molar-refractivity contribution in [3.8, 4) is 0 Å². The summed E-state index contributed by atoms with van der Waals surface area (Å²) >= 11 is 1.66. The van der Waals surface area contributed by atoms with E-state index in [0.717, 1.165) is 10.9 Å². The Bertz CT molecular complexity index is 574. The summed E-state index contributed by atoms with van der Waals surface area (Å²) in [4.78, 5) is 2.34. The van der Waals surface area contributed by atoms with Crippen LogP contribution in [0.1, 0.15) is 26.9 Å². The van der Waals surface area contributed by atoms with Gasteiger partial charge in [-0.05, 0) is 44.2 Å². The molecule has 0 bridgehead atoms. The van der Waals surface area contributed by atoms with Crippen molar-refractivity contribution in [2.24, 2.45) is 0 Å². The molecule has 5 heteroatoms. The predicted molar refractivity (Wildman–Crippen MR) is 76.0 cm³/mol. The summed E-state index contributed by atoms with van der Waals surface area (Å²) in [6, 6.07) is 9.62. The van der Waals surface area contributed by atoms with E-state index in [2.05, 4.69) is 5.32 Å². The van der Waals surface area contributed by atoms with Crippen LogP contribution in [0.25, 0.3) is 0 Å². The van der Waals surface area contributed by atoms with Gasteiger partial charge in [0.05, 0.1) is 5.56 Å². The lowest BCUT2D eigenvalue weighted by Gasteiger charge is -2.16. The van der Waals surface area contributed by atoms with Crippen LogP contribution in [-0.4, -0.2) is 7.05 Å². The molecule has 0 aliphatic rings. The molecule has 0 radical (unpaired) electrons. The van der Waals surface area contributed by atoms with Crippen LogP contribution in [0.5, 0.6) is 0 Å². The van der Waals surface area contributed by atoms with Gasteiger partial charge in [0, 0.05) is 15.8 Å². The lowest BCUT2D eigenvalue weighted by atomic mass is 10.0. The van der Waals surface area contributed by atoms with E-state index in [1.54, 1.807) is 17.4 Å². The van der Waals surface area contributed by atoms with Crippen LogP contribution in [0.3, 0.4) is 0 Å². The molecule has 108 valence electrons. The van der Waals surface area contributed by atoms with Crippen molar-refractivity contribution in [1.29, 1.82) is 0 Å². The second-order valence-corrected chi connectivity index (χ2v) is 6.01. The number of nitrogens with one attached hydrogen (secondary N) is 1. The SMILES string of the molecule is CNC(Cc1cccc(C(F)(F)F)c1)c1ccc(C)s1. The molecule has 2 rings (SSSR count). The van der Waals surface area contributed by atoms with Gasteiger partial charge in [-0.15, -0.1) is 11.3 Å². The molecule has 1 unspecified atom stereocenters. The summed E-state index contributed by atoms with van der Waals surface area (Å²) in [5, 5.41) is 3.17. The maximum absolute atomic E-state index is 12.7. The molecule has 0 spiro atoms. The summed E-state index contributed by atoms with van der Waals surface area (Å²) in [7, 11) is 1.83. The third-order valence-corrected chi connectivity index (χ3v) is 4.26. The third kappa shape index (κ3) is 3.61. The van der Waals surface area contributed by atoms with Gasteiger partial charge in [0.15, 0.2) is 0 Å². The normalized spacial score (nSPS) is 13.4. The molecule has 0 fully saturated rings. The molecule has 1 N–H and O–H groups in total. The maximum Gasteiger partial charge on any atom is 0.416 e. The number of likely N-dealkylation sites (N-methyl/N-ethyl adjacent to an activating group) is 1. The van der Waals surface area contributed by atoms with Crippen molar-refractivity contribution >= 4 is 11.3 Å². The molecule has 2 aromatic rings. The van der Waals surface area contributed by atoms with Crippen molar-refractivity contribution < 1.29 is 13.2 Å². The largest absolute Gasteiger partial charge is 0.416 e. The lowest BCUT2D eigenvalue weighted by Crippen LogP contribution is -2.18. The predicted octanol–water partition coefficient (Wildman–Crippen LogP) is 4.58. The van der Waals surface area contributed by atoms with E-state index in [0.29, 0.717) is 12.0 Å². The molecule has 1 atom stereocenters. The number of benzene rings is 1. The highest BCUT2D eigenvalue weighted by atomic mass is 32.1. The van der Waals surface area contributed by atoms with Gasteiger partial charge in [-0.25, -0.2) is 0 Å². The van der Waals surface area contributed by atoms with E-state index >= 15 is 0 Å². The van der Waals surface area contributed by atoms with Gasteiger partial charge < -0.3 is 5.32 Å². The lowest BCUT2D eigenvalue weighted by molar-refractivity contribution is -0.137. The van der Waals surface area contributed by atoms with Gasteiger partial charge in [0.25, 0.3) is 0 Å². The highest BCUT2D eigenvalue weighted by molar-refractivity contribution is 7.12. The van der Waals surface area contributed by atoms with Crippen molar-refractivity contribution in [3.05, 3.63) is 57.3 Å². The van der Waals surface area contributed by atoms with Crippen LogP contribution >= 0.6 is 11.3 Å². The van der Waals surface area contributed by atoms with Gasteiger partial charge in [0.1, 0.15) is 0 Å². The van der Waals surface area contributed by atoms with Gasteiger partial charge in [-0.1, -0.05) is 18.2 Å². The fourth-order valence-corrected chi connectivity index (χ4v) is 3.08. The number of rotatable bonds is 4. The average molecular weight is 299 g/mol. The van der Waals surface area contributed by atoms with Crippen LogP contribution in [0.4, 0.5) is 13.2 Å². The van der Waals surface area contributed by atoms with Crippen molar-refractivity contribution in [2.45, 2.75) is 25.6 Å². The highest BCUT2D eigenvalue weighted by Gasteiger charge is 2.30. The number of hydrogen-bond donors (Lipinski definition) is 1. The Morgan fingerprint density at radius 3 is 2.50 bits per heavy atom. The minimum atomic E-state index is -4.29. The highest BCUT2D eigenvalue weighted by Crippen LogP contribution is 2.31. The fourth-order valence-electron chi connectivity index (χ4n) is 2.10. The zero-order valence-electron chi connectivity index (χ0n) is 11.3. The molecule has 0 saturated heterocycles. The Labute approximate surface area is 120 Å². The Balaban J connectivity index is 2.20. The van der Waals surface area contributed by atoms with Gasteiger partial charge >= 0.3 is 6.18 Å². The molecule has 1 nitrogen and oxygen atoms in total. The number of alkyl halides is 3. The molecule has 1 aromatic heterocycles. The number of thiophene rings is 1. The second-order valence-electron chi connectivity index (χ2n) is 4.69. The van der Waals surface area contributed by atoms with E-state index < -0.39 is 11.7 Å². The van der Waals surface area contributed by atoms with Crippen LogP contribution in [0.15, 0.2) is 36.4 Å². The molecule has 0 aliphatic carbocycles. The second kappa shape index (κ2) is 5.97. The minimum absolute atomic E-state index is 0.0391. The summed E-state index contributed by atoms with van der Waals surface area (Å²) in [6.07, 6.45) is -3.74. The van der Waals surface area contributed by atoms with Crippen LogP contribution in [0.2, 0.25) is 0 Å². The fraction of sp³-hybridized carbons (Fsp3) is 0.333. The number of halogens is 3. The maximum atomic E-state index is 12.7. The number of aryl methyl sites for hydroxylation is 1. The average Bonchev–Trinajstić information content (AvgIpc) is 2.82. The van der Waals surface area contributed by atoms with Crippen LogP contribution < -0.4 is 5.32 Å². The summed E-state index contributed by atoms with van der Waals surface area (Å²) in [5.41, 5.74) is 0.0949. The molecule has 0 aliphatic heterocycles. The zero-order valence-corrected chi connectivity index (χ0v) is 12.1. The van der Waals surface area contributed by atoms with Crippen molar-refractivity contribution in [1.82, 2.24) is 5.32 Å². The molecular weight excluding hydrogens is 283 g/mol. The smallest absolute Gasteiger partial charge is 0.312 e. The van der Waals surface area contributed by atoms with Crippen molar-refractivity contribution in [3.63, 3.8) is 0 Å². The number of hydrogen-bond acceptors (Lipinski definition) is 2. The van der Waals surface area contributed by atoms with Crippen LogP contribution in [0, 0.1) is 6.92 Å². The van der Waals surface area contributed by atoms with Gasteiger partial charge in [-0.3, -0.25) is 0 Å². The Morgan fingerprint density at radius 2 is 1.95 bits per heavy atom. The van der Waals surface area contributed by atoms with E-state index in [4.69, 9.17) is 0 Å².